The summed E-state index contributed by atoms with van der Waals surface area (Å²) in [6.07, 6.45) is 7.07. The summed E-state index contributed by atoms with van der Waals surface area (Å²) in [6, 6.07) is 5.60. The van der Waals surface area contributed by atoms with Gasteiger partial charge in [0.15, 0.2) is 0 Å². The molecule has 0 aliphatic carbocycles. The molecule has 0 fully saturated rings. The lowest BCUT2D eigenvalue weighted by molar-refractivity contribution is 0.568. The molecule has 3 heterocycles. The van der Waals surface area contributed by atoms with E-state index in [2.05, 4.69) is 4.98 Å². The van der Waals surface area contributed by atoms with E-state index in [-0.39, 0.29) is 0 Å². The molecule has 4 nitrogen and oxygen atoms in total. The molecular formula is C11H9N3O. The molecule has 4 heteroatoms. The summed E-state index contributed by atoms with van der Waals surface area (Å²) in [7, 11) is 0. The number of hydrogen-bond acceptors (Lipinski definition) is 3. The Hall–Kier alpha value is -2.23. The Morgan fingerprint density at radius 3 is 2.93 bits per heavy atom. The molecule has 2 N–H and O–H groups in total. The summed E-state index contributed by atoms with van der Waals surface area (Å²) < 4.78 is 6.92. The van der Waals surface area contributed by atoms with Crippen LogP contribution in [0, 0.1) is 0 Å². The number of aromatic nitrogens is 2. The second kappa shape index (κ2) is 2.88. The van der Waals surface area contributed by atoms with Gasteiger partial charge in [0.1, 0.15) is 5.65 Å². The molecule has 0 bridgehead atoms. The third kappa shape index (κ3) is 1.27. The van der Waals surface area contributed by atoms with Crippen LogP contribution in [0.2, 0.25) is 0 Å². The van der Waals surface area contributed by atoms with Crippen molar-refractivity contribution >= 4 is 11.3 Å². The number of pyridine rings is 1. The van der Waals surface area contributed by atoms with Crippen LogP contribution < -0.4 is 5.73 Å². The van der Waals surface area contributed by atoms with Gasteiger partial charge in [-0.1, -0.05) is 0 Å². The number of imidazole rings is 1. The van der Waals surface area contributed by atoms with E-state index >= 15 is 0 Å². The predicted octanol–water partition coefficient (Wildman–Crippen LogP) is 2.18. The van der Waals surface area contributed by atoms with Gasteiger partial charge in [0, 0.05) is 23.6 Å². The largest absolute Gasteiger partial charge is 0.472 e. The van der Waals surface area contributed by atoms with Crippen LogP contribution in [0.25, 0.3) is 16.9 Å². The fourth-order valence-corrected chi connectivity index (χ4v) is 1.56. The molecule has 0 aliphatic heterocycles. The smallest absolute Gasteiger partial charge is 0.137 e. The Kier molecular flexibility index (Phi) is 1.56. The fourth-order valence-electron chi connectivity index (χ4n) is 1.56. The molecule has 74 valence electrons. The maximum Gasteiger partial charge on any atom is 0.137 e. The van der Waals surface area contributed by atoms with Crippen LogP contribution in [-0.2, 0) is 0 Å². The number of nitrogens with zero attached hydrogens (tertiary/aromatic N) is 2. The predicted molar refractivity (Wildman–Crippen MR) is 57.3 cm³/mol. The molecule has 0 atom stereocenters. The molecule has 0 amide bonds. The number of furan rings is 1. The molecule has 3 aromatic rings. The molecule has 0 spiro atoms. The molecule has 3 rings (SSSR count). The van der Waals surface area contributed by atoms with Crippen LogP contribution in [0.4, 0.5) is 5.69 Å². The molecule has 0 aromatic carbocycles. The van der Waals surface area contributed by atoms with E-state index in [4.69, 9.17) is 10.2 Å². The monoisotopic (exact) mass is 199 g/mol. The molecule has 15 heavy (non-hydrogen) atoms. The van der Waals surface area contributed by atoms with Gasteiger partial charge >= 0.3 is 0 Å². The van der Waals surface area contributed by atoms with Crippen molar-refractivity contribution in [3.63, 3.8) is 0 Å². The van der Waals surface area contributed by atoms with Crippen molar-refractivity contribution in [2.75, 3.05) is 5.73 Å². The van der Waals surface area contributed by atoms with Crippen molar-refractivity contribution in [3.8, 4) is 11.3 Å². The van der Waals surface area contributed by atoms with Gasteiger partial charge in [-0.2, -0.15) is 0 Å². The lowest BCUT2D eigenvalue weighted by atomic mass is 10.3. The van der Waals surface area contributed by atoms with Gasteiger partial charge < -0.3 is 14.6 Å². The van der Waals surface area contributed by atoms with Crippen molar-refractivity contribution in [1.82, 2.24) is 9.38 Å². The highest BCUT2D eigenvalue weighted by atomic mass is 16.3. The van der Waals surface area contributed by atoms with Gasteiger partial charge in [0.2, 0.25) is 0 Å². The zero-order chi connectivity index (χ0) is 10.3. The first-order valence-electron chi connectivity index (χ1n) is 4.60. The van der Waals surface area contributed by atoms with Crippen LogP contribution in [-0.4, -0.2) is 9.38 Å². The normalized spacial score (nSPS) is 10.9. The summed E-state index contributed by atoms with van der Waals surface area (Å²) in [4.78, 5) is 4.44. The molecular weight excluding hydrogens is 190 g/mol. The van der Waals surface area contributed by atoms with Crippen LogP contribution in [0.15, 0.2) is 47.5 Å². The van der Waals surface area contributed by atoms with Crippen molar-refractivity contribution in [2.45, 2.75) is 0 Å². The van der Waals surface area contributed by atoms with Crippen LogP contribution in [0.5, 0.6) is 0 Å². The van der Waals surface area contributed by atoms with E-state index in [0.717, 1.165) is 22.6 Å². The fraction of sp³-hybridized carbons (Fsp3) is 0. The topological polar surface area (TPSA) is 56.5 Å². The minimum Gasteiger partial charge on any atom is -0.472 e. The summed E-state index contributed by atoms with van der Waals surface area (Å²) in [6.45, 7) is 0. The molecule has 3 aromatic heterocycles. The highest BCUT2D eigenvalue weighted by Crippen LogP contribution is 2.19. The maximum atomic E-state index is 5.68. The van der Waals surface area contributed by atoms with Gasteiger partial charge in [-0.3, -0.25) is 0 Å². The zero-order valence-corrected chi connectivity index (χ0v) is 7.92. The molecule has 0 saturated carbocycles. The SMILES string of the molecule is Nc1ccc2nc(-c3ccoc3)cn2c1. The standard InChI is InChI=1S/C11H9N3O/c12-9-1-2-11-13-10(6-14(11)5-9)8-3-4-15-7-8/h1-7H,12H2. The van der Waals surface area contributed by atoms with E-state index in [1.807, 2.05) is 35.0 Å². The van der Waals surface area contributed by atoms with E-state index in [1.54, 1.807) is 12.5 Å². The number of fused-ring (bicyclic) bond motifs is 1. The lowest BCUT2D eigenvalue weighted by Crippen LogP contribution is -1.88. The minimum absolute atomic E-state index is 0.721. The Morgan fingerprint density at radius 1 is 1.20 bits per heavy atom. The molecule has 0 aliphatic rings. The van der Waals surface area contributed by atoms with Gasteiger partial charge in [-0.15, -0.1) is 0 Å². The first-order chi connectivity index (χ1) is 7.33. The summed E-state index contributed by atoms with van der Waals surface area (Å²) in [5.41, 5.74) is 9.13. The number of nitrogens with two attached hydrogens (primary N) is 1. The van der Waals surface area contributed by atoms with E-state index in [1.165, 1.54) is 0 Å². The Balaban J connectivity index is 2.22. The van der Waals surface area contributed by atoms with Gasteiger partial charge in [-0.05, 0) is 18.2 Å². The first-order valence-corrected chi connectivity index (χ1v) is 4.60. The van der Waals surface area contributed by atoms with Crippen LogP contribution in [0.3, 0.4) is 0 Å². The van der Waals surface area contributed by atoms with Crippen molar-refractivity contribution < 1.29 is 4.42 Å². The number of anilines is 1. The first kappa shape index (κ1) is 8.11. The average molecular weight is 199 g/mol. The second-order valence-corrected chi connectivity index (χ2v) is 3.37. The van der Waals surface area contributed by atoms with Gasteiger partial charge in [0.05, 0.1) is 18.2 Å². The summed E-state index contributed by atoms with van der Waals surface area (Å²) >= 11 is 0. The Labute approximate surface area is 86.0 Å². The summed E-state index contributed by atoms with van der Waals surface area (Å²) in [5, 5.41) is 0. The van der Waals surface area contributed by atoms with E-state index < -0.39 is 0 Å². The van der Waals surface area contributed by atoms with Crippen molar-refractivity contribution in [2.24, 2.45) is 0 Å². The minimum atomic E-state index is 0.721. The highest BCUT2D eigenvalue weighted by Gasteiger charge is 2.04. The number of nitrogen functional groups attached to an aromatic ring is 1. The van der Waals surface area contributed by atoms with Crippen LogP contribution in [0.1, 0.15) is 0 Å². The molecule has 0 unspecified atom stereocenters. The van der Waals surface area contributed by atoms with Gasteiger partial charge in [0.25, 0.3) is 0 Å². The summed E-state index contributed by atoms with van der Waals surface area (Å²) in [5.74, 6) is 0. The van der Waals surface area contributed by atoms with Crippen molar-refractivity contribution in [3.05, 3.63) is 43.1 Å². The second-order valence-electron chi connectivity index (χ2n) is 3.37. The zero-order valence-electron chi connectivity index (χ0n) is 7.92. The average Bonchev–Trinajstić information content (AvgIpc) is 2.84. The number of hydrogen-bond donors (Lipinski definition) is 1. The quantitative estimate of drug-likeness (QED) is 0.653. The third-order valence-electron chi connectivity index (χ3n) is 2.29. The van der Waals surface area contributed by atoms with Crippen molar-refractivity contribution in [1.29, 1.82) is 0 Å². The van der Waals surface area contributed by atoms with Crippen LogP contribution >= 0.6 is 0 Å². The maximum absolute atomic E-state index is 5.68. The van der Waals surface area contributed by atoms with E-state index in [0.29, 0.717) is 0 Å². The Morgan fingerprint density at radius 2 is 2.13 bits per heavy atom. The van der Waals surface area contributed by atoms with E-state index in [9.17, 15) is 0 Å². The van der Waals surface area contributed by atoms with Gasteiger partial charge in [-0.25, -0.2) is 4.98 Å². The third-order valence-corrected chi connectivity index (χ3v) is 2.29. The molecule has 0 saturated heterocycles. The molecule has 0 radical (unpaired) electrons. The number of rotatable bonds is 1. The highest BCUT2D eigenvalue weighted by molar-refractivity contribution is 5.62. The lowest BCUT2D eigenvalue weighted by Gasteiger charge is -1.93. The Bertz CT molecular complexity index is 595.